The highest BCUT2D eigenvalue weighted by Gasteiger charge is 2.17. The van der Waals surface area contributed by atoms with Crippen LogP contribution in [-0.4, -0.2) is 39.2 Å². The van der Waals surface area contributed by atoms with E-state index in [1.165, 1.54) is 70.4 Å². The zero-order chi connectivity index (χ0) is 19.3. The summed E-state index contributed by atoms with van der Waals surface area (Å²) < 4.78 is 1.57. The molecule has 6 heteroatoms. The van der Waals surface area contributed by atoms with E-state index in [4.69, 9.17) is 4.84 Å². The first kappa shape index (κ1) is 21.4. The van der Waals surface area contributed by atoms with Crippen LogP contribution in [0.1, 0.15) is 87.9 Å². The Balaban J connectivity index is 1.52. The van der Waals surface area contributed by atoms with Gasteiger partial charge in [-0.3, -0.25) is 0 Å². The lowest BCUT2D eigenvalue weighted by Gasteiger charge is -2.15. The summed E-state index contributed by atoms with van der Waals surface area (Å²) in [7, 11) is 1.80. The van der Waals surface area contributed by atoms with Crippen molar-refractivity contribution in [2.75, 3.05) is 13.6 Å². The second kappa shape index (κ2) is 12.4. The van der Waals surface area contributed by atoms with Crippen LogP contribution in [0.4, 0.5) is 0 Å². The van der Waals surface area contributed by atoms with Gasteiger partial charge in [-0.25, -0.2) is 14.3 Å². The first-order valence-electron chi connectivity index (χ1n) is 10.4. The van der Waals surface area contributed by atoms with Crippen LogP contribution in [0.3, 0.4) is 0 Å². The molecular formula is C21H34N4O2. The van der Waals surface area contributed by atoms with E-state index in [0.717, 1.165) is 13.0 Å². The molecule has 0 aliphatic rings. The summed E-state index contributed by atoms with van der Waals surface area (Å²) in [4.78, 5) is 21.9. The molecule has 0 bridgehead atoms. The minimum atomic E-state index is -0.408. The van der Waals surface area contributed by atoms with Gasteiger partial charge in [0.15, 0.2) is 5.65 Å². The van der Waals surface area contributed by atoms with Gasteiger partial charge in [-0.05, 0) is 12.5 Å². The van der Waals surface area contributed by atoms with E-state index in [0.29, 0.717) is 11.2 Å². The number of carbonyl (C=O) groups excluding carboxylic acids is 1. The summed E-state index contributed by atoms with van der Waals surface area (Å²) in [5.41, 5.74) is 0.909. The van der Waals surface area contributed by atoms with Crippen molar-refractivity contribution in [3.05, 3.63) is 30.2 Å². The van der Waals surface area contributed by atoms with Crippen molar-refractivity contribution in [3.63, 3.8) is 0 Å². The lowest BCUT2D eigenvalue weighted by Crippen LogP contribution is -2.24. The van der Waals surface area contributed by atoms with Gasteiger partial charge in [-0.15, -0.1) is 5.06 Å². The van der Waals surface area contributed by atoms with Crippen LogP contribution >= 0.6 is 0 Å². The quantitative estimate of drug-likeness (QED) is 0.342. The van der Waals surface area contributed by atoms with E-state index < -0.39 is 5.97 Å². The molecule has 150 valence electrons. The van der Waals surface area contributed by atoms with Gasteiger partial charge in [0, 0.05) is 26.0 Å². The number of hydroxylamine groups is 2. The summed E-state index contributed by atoms with van der Waals surface area (Å²) in [6, 6.07) is 1.77. The molecule has 0 aliphatic carbocycles. The summed E-state index contributed by atoms with van der Waals surface area (Å²) in [5, 5.41) is 5.73. The molecule has 2 aromatic rings. The molecular weight excluding hydrogens is 340 g/mol. The molecule has 0 saturated heterocycles. The van der Waals surface area contributed by atoms with Gasteiger partial charge in [-0.1, -0.05) is 71.1 Å². The van der Waals surface area contributed by atoms with Crippen molar-refractivity contribution in [1.82, 2.24) is 19.7 Å². The number of rotatable bonds is 14. The standard InChI is InChI=1S/C21H34N4O2/c1-3-4-5-6-7-8-9-10-11-12-13-16-24(2)27-21(26)19-18-23-25-17-14-15-22-20(19)25/h14-15,17-18H,3-13,16H2,1-2H3. The monoisotopic (exact) mass is 374 g/mol. The van der Waals surface area contributed by atoms with Crippen molar-refractivity contribution in [2.24, 2.45) is 0 Å². The summed E-state index contributed by atoms with van der Waals surface area (Å²) in [5.74, 6) is -0.408. The van der Waals surface area contributed by atoms with Gasteiger partial charge in [-0.2, -0.15) is 5.10 Å². The number of carbonyl (C=O) groups is 1. The number of unbranched alkanes of at least 4 members (excludes halogenated alkanes) is 10. The van der Waals surface area contributed by atoms with Crippen LogP contribution in [0.25, 0.3) is 5.65 Å². The molecule has 0 spiro atoms. The van der Waals surface area contributed by atoms with Crippen LogP contribution in [-0.2, 0) is 4.84 Å². The fourth-order valence-electron chi connectivity index (χ4n) is 3.21. The Kier molecular flexibility index (Phi) is 9.84. The molecule has 0 aliphatic heterocycles. The first-order valence-corrected chi connectivity index (χ1v) is 10.4. The molecule has 2 rings (SSSR count). The minimum Gasteiger partial charge on any atom is -0.364 e. The van der Waals surface area contributed by atoms with Gasteiger partial charge >= 0.3 is 5.97 Å². The van der Waals surface area contributed by atoms with E-state index in [-0.39, 0.29) is 0 Å². The average Bonchev–Trinajstić information content (AvgIpc) is 3.10. The summed E-state index contributed by atoms with van der Waals surface area (Å²) >= 11 is 0. The average molecular weight is 375 g/mol. The first-order chi connectivity index (χ1) is 13.2. The lowest BCUT2D eigenvalue weighted by molar-refractivity contribution is -0.0907. The molecule has 27 heavy (non-hydrogen) atoms. The Morgan fingerprint density at radius 3 is 2.33 bits per heavy atom. The van der Waals surface area contributed by atoms with Gasteiger partial charge in [0.1, 0.15) is 5.56 Å². The predicted molar refractivity (Wildman–Crippen MR) is 107 cm³/mol. The Bertz CT molecular complexity index is 671. The number of fused-ring (bicyclic) bond motifs is 1. The van der Waals surface area contributed by atoms with Gasteiger partial charge in [0.25, 0.3) is 0 Å². The van der Waals surface area contributed by atoms with E-state index in [2.05, 4.69) is 17.0 Å². The number of nitrogens with zero attached hydrogens (tertiary/aromatic N) is 4. The Labute approximate surface area is 162 Å². The Hall–Kier alpha value is -1.95. The van der Waals surface area contributed by atoms with Crippen molar-refractivity contribution < 1.29 is 9.63 Å². The fourth-order valence-corrected chi connectivity index (χ4v) is 3.21. The largest absolute Gasteiger partial charge is 0.364 e. The van der Waals surface area contributed by atoms with Crippen LogP contribution in [0.2, 0.25) is 0 Å². The van der Waals surface area contributed by atoms with Gasteiger partial charge in [0.05, 0.1) is 6.20 Å². The maximum Gasteiger partial charge on any atom is 0.362 e. The normalized spacial score (nSPS) is 11.4. The lowest BCUT2D eigenvalue weighted by atomic mass is 10.1. The molecule has 2 aromatic heterocycles. The van der Waals surface area contributed by atoms with Crippen molar-refractivity contribution in [1.29, 1.82) is 0 Å². The molecule has 0 N–H and O–H groups in total. The molecule has 2 heterocycles. The topological polar surface area (TPSA) is 59.7 Å². The van der Waals surface area contributed by atoms with Crippen LogP contribution in [0, 0.1) is 0 Å². The molecule has 0 radical (unpaired) electrons. The Morgan fingerprint density at radius 2 is 1.67 bits per heavy atom. The second-order valence-electron chi connectivity index (χ2n) is 7.21. The highest BCUT2D eigenvalue weighted by Crippen LogP contribution is 2.12. The summed E-state index contributed by atoms with van der Waals surface area (Å²) in [6.45, 7) is 3.00. The van der Waals surface area contributed by atoms with E-state index in [1.807, 2.05) is 0 Å². The third-order valence-electron chi connectivity index (χ3n) is 4.81. The van der Waals surface area contributed by atoms with Crippen molar-refractivity contribution in [3.8, 4) is 0 Å². The number of hydrogen-bond donors (Lipinski definition) is 0. The number of hydrogen-bond acceptors (Lipinski definition) is 5. The van der Waals surface area contributed by atoms with Crippen molar-refractivity contribution in [2.45, 2.75) is 77.6 Å². The van der Waals surface area contributed by atoms with Crippen LogP contribution in [0.5, 0.6) is 0 Å². The molecule has 0 unspecified atom stereocenters. The molecule has 0 atom stereocenters. The van der Waals surface area contributed by atoms with Crippen LogP contribution < -0.4 is 0 Å². The van der Waals surface area contributed by atoms with Crippen LogP contribution in [0.15, 0.2) is 24.7 Å². The minimum absolute atomic E-state index is 0.390. The molecule has 0 aromatic carbocycles. The maximum atomic E-state index is 12.3. The molecule has 6 nitrogen and oxygen atoms in total. The van der Waals surface area contributed by atoms with E-state index in [9.17, 15) is 4.79 Å². The smallest absolute Gasteiger partial charge is 0.362 e. The number of aromatic nitrogens is 3. The van der Waals surface area contributed by atoms with Gasteiger partial charge < -0.3 is 4.84 Å². The highest BCUT2D eigenvalue weighted by molar-refractivity contribution is 5.95. The predicted octanol–water partition coefficient (Wildman–Crippen LogP) is 5.04. The fraction of sp³-hybridized carbons (Fsp3) is 0.667. The highest BCUT2D eigenvalue weighted by atomic mass is 16.7. The zero-order valence-corrected chi connectivity index (χ0v) is 16.9. The van der Waals surface area contributed by atoms with Gasteiger partial charge in [0.2, 0.25) is 0 Å². The maximum absolute atomic E-state index is 12.3. The third kappa shape index (κ3) is 7.67. The molecule has 0 amide bonds. The molecule has 0 saturated carbocycles. The van der Waals surface area contributed by atoms with E-state index >= 15 is 0 Å². The third-order valence-corrected chi connectivity index (χ3v) is 4.81. The molecule has 0 fully saturated rings. The summed E-state index contributed by atoms with van der Waals surface area (Å²) in [6.07, 6.45) is 19.3. The SMILES string of the molecule is CCCCCCCCCCCCCN(C)OC(=O)c1cnn2cccnc12. The van der Waals surface area contributed by atoms with Crippen molar-refractivity contribution >= 4 is 11.6 Å². The zero-order valence-electron chi connectivity index (χ0n) is 16.9. The van der Waals surface area contributed by atoms with E-state index in [1.54, 1.807) is 35.1 Å². The Morgan fingerprint density at radius 1 is 1.04 bits per heavy atom. The second-order valence-corrected chi connectivity index (χ2v) is 7.21.